The van der Waals surface area contributed by atoms with E-state index in [4.69, 9.17) is 0 Å². The van der Waals surface area contributed by atoms with Crippen LogP contribution >= 0.6 is 22.7 Å². The van der Waals surface area contributed by atoms with Gasteiger partial charge < -0.3 is 0 Å². The molecule has 0 saturated carbocycles. The summed E-state index contributed by atoms with van der Waals surface area (Å²) in [6.45, 7) is 16.5. The fourth-order valence-electron chi connectivity index (χ4n) is 1.01. The van der Waals surface area contributed by atoms with Crippen LogP contribution in [0.5, 0.6) is 0 Å². The van der Waals surface area contributed by atoms with Gasteiger partial charge in [-0.15, -0.1) is 22.7 Å². The van der Waals surface area contributed by atoms with E-state index in [0.29, 0.717) is 0 Å². The Balaban J connectivity index is 0. The highest BCUT2D eigenvalue weighted by molar-refractivity contribution is 7.11. The Bertz CT molecular complexity index is 350. The number of thiophene rings is 2. The molecule has 0 aliphatic heterocycles. The second-order valence-electron chi connectivity index (χ2n) is 3.32. The van der Waals surface area contributed by atoms with E-state index in [1.807, 2.05) is 39.0 Å². The van der Waals surface area contributed by atoms with Crippen molar-refractivity contribution in [1.29, 1.82) is 0 Å². The van der Waals surface area contributed by atoms with Crippen LogP contribution in [-0.2, 0) is 0 Å². The van der Waals surface area contributed by atoms with Crippen LogP contribution in [0.2, 0.25) is 0 Å². The predicted octanol–water partition coefficient (Wildman–Crippen LogP) is 6.78. The van der Waals surface area contributed by atoms with Gasteiger partial charge in [0.25, 0.3) is 0 Å². The van der Waals surface area contributed by atoms with E-state index in [1.165, 1.54) is 20.2 Å². The van der Waals surface area contributed by atoms with Gasteiger partial charge in [0.05, 0.1) is 0 Å². The van der Waals surface area contributed by atoms with E-state index in [1.54, 1.807) is 11.3 Å². The van der Waals surface area contributed by atoms with E-state index in [2.05, 4.69) is 51.3 Å². The number of aryl methyl sites for hydroxylation is 4. The van der Waals surface area contributed by atoms with Crippen molar-refractivity contribution in [3.05, 3.63) is 43.8 Å². The van der Waals surface area contributed by atoms with Crippen molar-refractivity contribution >= 4 is 22.7 Å². The molecule has 0 N–H and O–H groups in total. The molecule has 0 unspecified atom stereocenters. The minimum atomic E-state index is 1.40. The van der Waals surface area contributed by atoms with Crippen LogP contribution in [0.15, 0.2) is 23.6 Å². The lowest BCUT2D eigenvalue weighted by Gasteiger charge is -1.79. The molecule has 18 heavy (non-hydrogen) atoms. The van der Waals surface area contributed by atoms with E-state index in [9.17, 15) is 0 Å². The Morgan fingerprint density at radius 1 is 0.722 bits per heavy atom. The van der Waals surface area contributed by atoms with Gasteiger partial charge in [-0.2, -0.15) is 0 Å². The predicted molar refractivity (Wildman–Crippen MR) is 90.3 cm³/mol. The van der Waals surface area contributed by atoms with Gasteiger partial charge in [0.15, 0.2) is 0 Å². The second-order valence-corrected chi connectivity index (χ2v) is 5.93. The molecule has 0 aromatic carbocycles. The maximum Gasteiger partial charge on any atom is 0.00433 e. The zero-order valence-corrected chi connectivity index (χ0v) is 14.8. The minimum Gasteiger partial charge on any atom is -0.149 e. The van der Waals surface area contributed by atoms with Crippen LogP contribution in [0.4, 0.5) is 0 Å². The lowest BCUT2D eigenvalue weighted by molar-refractivity contribution is 1.44. The van der Waals surface area contributed by atoms with Crippen molar-refractivity contribution in [2.75, 3.05) is 0 Å². The number of rotatable bonds is 0. The third-order valence-corrected chi connectivity index (χ3v) is 3.86. The Labute approximate surface area is 122 Å². The molecule has 2 aromatic heterocycles. The number of hydrogen-bond donors (Lipinski definition) is 0. The van der Waals surface area contributed by atoms with Gasteiger partial charge in [-0.1, -0.05) is 27.7 Å². The van der Waals surface area contributed by atoms with E-state index >= 15 is 0 Å². The van der Waals surface area contributed by atoms with Gasteiger partial charge in [0.2, 0.25) is 0 Å². The monoisotopic (exact) mass is 284 g/mol. The van der Waals surface area contributed by atoms with Gasteiger partial charge in [-0.3, -0.25) is 0 Å². The average molecular weight is 285 g/mol. The summed E-state index contributed by atoms with van der Waals surface area (Å²) in [5.41, 5.74) is 1.41. The van der Waals surface area contributed by atoms with Crippen molar-refractivity contribution in [3.63, 3.8) is 0 Å². The molecule has 2 heteroatoms. The quantitative estimate of drug-likeness (QED) is 0.500. The molecular formula is C16H28S2. The highest BCUT2D eigenvalue weighted by atomic mass is 32.1. The normalized spacial score (nSPS) is 8.00. The molecule has 0 fully saturated rings. The van der Waals surface area contributed by atoms with Crippen LogP contribution in [0.3, 0.4) is 0 Å². The summed E-state index contributed by atoms with van der Waals surface area (Å²) in [4.78, 5) is 4.23. The van der Waals surface area contributed by atoms with Crippen LogP contribution in [-0.4, -0.2) is 0 Å². The first kappa shape index (κ1) is 19.7. The molecule has 104 valence electrons. The van der Waals surface area contributed by atoms with Crippen LogP contribution < -0.4 is 0 Å². The van der Waals surface area contributed by atoms with Gasteiger partial charge in [-0.05, 0) is 56.8 Å². The first-order valence-corrected chi connectivity index (χ1v) is 8.33. The summed E-state index contributed by atoms with van der Waals surface area (Å²) < 4.78 is 0. The fraction of sp³-hybridized carbons (Fsp3) is 0.500. The van der Waals surface area contributed by atoms with Gasteiger partial charge in [-0.25, -0.2) is 0 Å². The Kier molecular flexibility index (Phi) is 14.1. The van der Waals surface area contributed by atoms with Gasteiger partial charge in [0.1, 0.15) is 0 Å². The zero-order chi connectivity index (χ0) is 14.6. The summed E-state index contributed by atoms with van der Waals surface area (Å²) in [6.07, 6.45) is 0. The lowest BCUT2D eigenvalue weighted by Crippen LogP contribution is -1.61. The van der Waals surface area contributed by atoms with Gasteiger partial charge >= 0.3 is 0 Å². The average Bonchev–Trinajstić information content (AvgIpc) is 2.95. The molecule has 0 aliphatic rings. The first-order valence-electron chi connectivity index (χ1n) is 6.63. The standard InChI is InChI=1S/2C6H8S.2C2H6/c1-5-3-4-7-6(5)2;1-5-3-4-6(2)7-5;2*1-2/h2*3-4H,1-2H3;2*1-2H3. The molecule has 0 bridgehead atoms. The Morgan fingerprint density at radius 2 is 1.17 bits per heavy atom. The lowest BCUT2D eigenvalue weighted by atomic mass is 10.3. The first-order chi connectivity index (χ1) is 8.59. The molecule has 0 atom stereocenters. The fourth-order valence-corrected chi connectivity index (χ4v) is 2.52. The van der Waals surface area contributed by atoms with Crippen molar-refractivity contribution < 1.29 is 0 Å². The summed E-state index contributed by atoms with van der Waals surface area (Å²) in [5.74, 6) is 0. The third-order valence-electron chi connectivity index (χ3n) is 1.99. The summed E-state index contributed by atoms with van der Waals surface area (Å²) in [6, 6.07) is 6.42. The van der Waals surface area contributed by atoms with Crippen LogP contribution in [0, 0.1) is 27.7 Å². The maximum absolute atomic E-state index is 2.14. The molecule has 2 rings (SSSR count). The summed E-state index contributed by atoms with van der Waals surface area (Å²) in [5, 5.41) is 2.12. The minimum absolute atomic E-state index is 1.40. The molecule has 0 saturated heterocycles. The second kappa shape index (κ2) is 12.8. The molecule has 2 aromatic rings. The SMILES string of the molecule is CC.CC.Cc1ccc(C)s1.Cc1ccsc1C. The van der Waals surface area contributed by atoms with Crippen LogP contribution in [0.1, 0.15) is 47.9 Å². The Hall–Kier alpha value is -0.600. The molecule has 0 amide bonds. The van der Waals surface area contributed by atoms with E-state index in [0.717, 1.165) is 0 Å². The smallest absolute Gasteiger partial charge is 0.00433 e. The molecular weight excluding hydrogens is 256 g/mol. The maximum atomic E-state index is 2.14. The summed E-state index contributed by atoms with van der Waals surface area (Å²) in [7, 11) is 0. The third kappa shape index (κ3) is 9.43. The van der Waals surface area contributed by atoms with Crippen molar-refractivity contribution in [3.8, 4) is 0 Å². The molecule has 0 nitrogen and oxygen atoms in total. The molecule has 2 heterocycles. The van der Waals surface area contributed by atoms with Gasteiger partial charge in [0, 0.05) is 14.6 Å². The van der Waals surface area contributed by atoms with E-state index < -0.39 is 0 Å². The highest BCUT2D eigenvalue weighted by Crippen LogP contribution is 2.12. The van der Waals surface area contributed by atoms with Crippen molar-refractivity contribution in [2.45, 2.75) is 55.4 Å². The zero-order valence-electron chi connectivity index (χ0n) is 13.1. The van der Waals surface area contributed by atoms with E-state index in [-0.39, 0.29) is 0 Å². The highest BCUT2D eigenvalue weighted by Gasteiger charge is 1.87. The number of hydrogen-bond acceptors (Lipinski definition) is 2. The largest absolute Gasteiger partial charge is 0.149 e. The molecule has 0 radical (unpaired) electrons. The molecule has 0 spiro atoms. The Morgan fingerprint density at radius 3 is 1.28 bits per heavy atom. The van der Waals surface area contributed by atoms with Crippen molar-refractivity contribution in [2.24, 2.45) is 0 Å². The topological polar surface area (TPSA) is 0 Å². The molecule has 0 aliphatic carbocycles. The van der Waals surface area contributed by atoms with Crippen LogP contribution in [0.25, 0.3) is 0 Å². The van der Waals surface area contributed by atoms with Crippen molar-refractivity contribution in [1.82, 2.24) is 0 Å². The summed E-state index contributed by atoms with van der Waals surface area (Å²) >= 11 is 3.65.